The Morgan fingerprint density at radius 2 is 1.19 bits per heavy atom. The van der Waals surface area contributed by atoms with Crippen molar-refractivity contribution in [2.45, 2.75) is 36.8 Å². The van der Waals surface area contributed by atoms with Crippen molar-refractivity contribution < 1.29 is 37.2 Å². The lowest BCUT2D eigenvalue weighted by Gasteiger charge is -2.52. The molecule has 6 aliphatic rings. The van der Waals surface area contributed by atoms with Crippen molar-refractivity contribution in [1.29, 1.82) is 0 Å². The van der Waals surface area contributed by atoms with Crippen molar-refractivity contribution in [3.63, 3.8) is 0 Å². The van der Waals surface area contributed by atoms with E-state index in [-0.39, 0.29) is 49.8 Å². The van der Waals surface area contributed by atoms with Gasteiger partial charge in [-0.15, -0.1) is 0 Å². The van der Waals surface area contributed by atoms with Crippen LogP contribution in [0.2, 0.25) is 0 Å². The zero-order chi connectivity index (χ0) is 26.1. The lowest BCUT2D eigenvalue weighted by atomic mass is 9.74. The smallest absolute Gasteiger partial charge is 0.404 e. The van der Waals surface area contributed by atoms with Crippen molar-refractivity contribution in [1.82, 2.24) is 9.80 Å². The molecule has 1 aromatic rings. The number of methoxy groups -OCH3 is 2. The second-order valence-corrected chi connectivity index (χ2v) is 12.2. The first-order chi connectivity index (χ1) is 17.9. The van der Waals surface area contributed by atoms with Crippen LogP contribution in [-0.4, -0.2) is 99.3 Å². The van der Waals surface area contributed by atoms with Crippen molar-refractivity contribution >= 4 is 19.4 Å². The van der Waals surface area contributed by atoms with E-state index in [0.29, 0.717) is 5.75 Å². The van der Waals surface area contributed by atoms with Gasteiger partial charge >= 0.3 is 7.82 Å². The fourth-order valence-corrected chi connectivity index (χ4v) is 7.80. The first kappa shape index (κ1) is 26.9. The number of carbonyl (C=O) groups is 2. The van der Waals surface area contributed by atoms with Crippen LogP contribution in [0.25, 0.3) is 0 Å². The molecule has 4 bridgehead atoms. The molecule has 0 aliphatic carbocycles. The number of ketones is 2. The maximum absolute atomic E-state index is 14.2. The second-order valence-electron chi connectivity index (χ2n) is 10.6. The highest BCUT2D eigenvalue weighted by molar-refractivity contribution is 7.48. The highest BCUT2D eigenvalue weighted by Crippen LogP contribution is 2.53. The molecule has 6 fully saturated rings. The largest absolute Gasteiger partial charge is 0.530 e. The van der Waals surface area contributed by atoms with Gasteiger partial charge in [0.2, 0.25) is 0 Å². The summed E-state index contributed by atoms with van der Waals surface area (Å²) in [5, 5.41) is 0. The summed E-state index contributed by atoms with van der Waals surface area (Å²) in [5.74, 6) is 0.264. The van der Waals surface area contributed by atoms with Crippen LogP contribution in [0.15, 0.2) is 30.3 Å². The summed E-state index contributed by atoms with van der Waals surface area (Å²) in [4.78, 5) is 30.9. The monoisotopic (exact) mass is 536 g/mol. The molecule has 11 heteroatoms. The molecule has 6 saturated heterocycles. The molecule has 204 valence electrons. The summed E-state index contributed by atoms with van der Waals surface area (Å²) in [6.07, 6.45) is 3.21. The minimum Gasteiger partial charge on any atom is -0.404 e. The second kappa shape index (κ2) is 10.8. The van der Waals surface area contributed by atoms with E-state index in [2.05, 4.69) is 9.80 Å². The lowest BCUT2D eigenvalue weighted by Crippen LogP contribution is -2.69. The molecular weight excluding hydrogens is 499 g/mol. The molecule has 7 rings (SSSR count). The SMILES string of the molecule is COCC1(COP(=O)(OCC2(COC)C(=O)C3CCN2CC3)Oc2ccccc2)C(=O)C2CCN1CC2. The highest BCUT2D eigenvalue weighted by Gasteiger charge is 2.57. The van der Waals surface area contributed by atoms with Gasteiger partial charge in [-0.25, -0.2) is 4.57 Å². The lowest BCUT2D eigenvalue weighted by molar-refractivity contribution is -0.159. The maximum atomic E-state index is 14.2. The van der Waals surface area contributed by atoms with Gasteiger partial charge in [0, 0.05) is 26.1 Å². The number of rotatable bonds is 12. The first-order valence-electron chi connectivity index (χ1n) is 13.1. The summed E-state index contributed by atoms with van der Waals surface area (Å²) < 4.78 is 42.9. The van der Waals surface area contributed by atoms with Gasteiger partial charge in [0.1, 0.15) is 16.8 Å². The molecule has 0 aromatic heterocycles. The van der Waals surface area contributed by atoms with Crippen molar-refractivity contribution in [2.75, 3.05) is 66.8 Å². The predicted molar refractivity (Wildman–Crippen MR) is 134 cm³/mol. The van der Waals surface area contributed by atoms with Gasteiger partial charge in [0.15, 0.2) is 11.6 Å². The molecular formula is C26H37N2O8P. The van der Waals surface area contributed by atoms with Gasteiger partial charge in [-0.1, -0.05) is 18.2 Å². The Hall–Kier alpha value is -1.65. The summed E-state index contributed by atoms with van der Waals surface area (Å²) >= 11 is 0. The molecule has 0 N–H and O–H groups in total. The molecule has 2 atom stereocenters. The standard InChI is InChI=1S/C26H37N2O8P/c1-32-16-25(23(29)20-8-12-27(25)13-9-20)18-34-37(31,36-22-6-4-3-5-7-22)35-19-26(17-33-2)24(30)21-10-14-28(26)15-11-21/h3-7,20-21H,8-19H2,1-2H3. The van der Waals surface area contributed by atoms with Crippen LogP contribution in [0.4, 0.5) is 0 Å². The van der Waals surface area contributed by atoms with Crippen molar-refractivity contribution in [2.24, 2.45) is 11.8 Å². The van der Waals surface area contributed by atoms with Gasteiger partial charge in [-0.05, 0) is 64.0 Å². The maximum Gasteiger partial charge on any atom is 0.530 e. The number of para-hydroxylation sites is 1. The van der Waals surface area contributed by atoms with Gasteiger partial charge in [0.25, 0.3) is 0 Å². The predicted octanol–water partition coefficient (Wildman–Crippen LogP) is 2.57. The zero-order valence-electron chi connectivity index (χ0n) is 21.6. The van der Waals surface area contributed by atoms with E-state index in [1.54, 1.807) is 38.5 Å². The van der Waals surface area contributed by atoms with Crippen LogP contribution in [0.1, 0.15) is 25.7 Å². The Kier molecular flexibility index (Phi) is 7.90. The van der Waals surface area contributed by atoms with Crippen LogP contribution in [-0.2, 0) is 32.7 Å². The number of ether oxygens (including phenoxy) is 2. The van der Waals surface area contributed by atoms with E-state index in [1.807, 2.05) is 6.07 Å². The number of Topliss-reactive ketones (excluding diaryl/α,β-unsaturated/α-hetero) is 2. The number of phosphoric acid groups is 1. The third-order valence-electron chi connectivity index (χ3n) is 8.51. The zero-order valence-corrected chi connectivity index (χ0v) is 22.5. The number of piperidine rings is 6. The number of carbonyl (C=O) groups excluding carboxylic acids is 2. The molecule has 2 unspecified atom stereocenters. The molecule has 0 radical (unpaired) electrons. The molecule has 6 heterocycles. The fraction of sp³-hybridized carbons (Fsp3) is 0.692. The third kappa shape index (κ3) is 4.93. The van der Waals surface area contributed by atoms with E-state index < -0.39 is 18.9 Å². The minimum atomic E-state index is -4.27. The van der Waals surface area contributed by atoms with Gasteiger partial charge in [-0.2, -0.15) is 0 Å². The fourth-order valence-electron chi connectivity index (χ4n) is 6.49. The molecule has 0 amide bonds. The van der Waals surface area contributed by atoms with Crippen LogP contribution >= 0.6 is 7.82 Å². The molecule has 6 aliphatic heterocycles. The highest BCUT2D eigenvalue weighted by atomic mass is 31.2. The summed E-state index contributed by atoms with van der Waals surface area (Å²) in [7, 11) is -1.19. The first-order valence-corrected chi connectivity index (χ1v) is 14.5. The Labute approximate surface area is 218 Å². The molecule has 1 aromatic carbocycles. The van der Waals surface area contributed by atoms with Crippen LogP contribution in [0.3, 0.4) is 0 Å². The Bertz CT molecular complexity index is 967. The van der Waals surface area contributed by atoms with Gasteiger partial charge < -0.3 is 14.0 Å². The Balaban J connectivity index is 1.40. The van der Waals surface area contributed by atoms with E-state index in [9.17, 15) is 14.2 Å². The average Bonchev–Trinajstić information content (AvgIpc) is 2.93. The molecule has 37 heavy (non-hydrogen) atoms. The quantitative estimate of drug-likeness (QED) is 0.370. The average molecular weight is 537 g/mol. The topological polar surface area (TPSA) is 104 Å². The van der Waals surface area contributed by atoms with Gasteiger partial charge in [0.05, 0.1) is 26.4 Å². The van der Waals surface area contributed by atoms with E-state index in [1.165, 1.54) is 0 Å². The van der Waals surface area contributed by atoms with Gasteiger partial charge in [-0.3, -0.25) is 28.4 Å². The van der Waals surface area contributed by atoms with E-state index in [0.717, 1.165) is 51.9 Å². The molecule has 10 nitrogen and oxygen atoms in total. The number of fused-ring (bicyclic) bond motifs is 6. The summed E-state index contributed by atoms with van der Waals surface area (Å²) in [6.45, 7) is 2.83. The number of hydrogen-bond donors (Lipinski definition) is 0. The van der Waals surface area contributed by atoms with Crippen LogP contribution in [0.5, 0.6) is 5.75 Å². The molecule has 0 saturated carbocycles. The number of nitrogens with zero attached hydrogens (tertiary/aromatic N) is 2. The number of hydrogen-bond acceptors (Lipinski definition) is 10. The Morgan fingerprint density at radius 3 is 1.57 bits per heavy atom. The minimum absolute atomic E-state index is 0.0415. The van der Waals surface area contributed by atoms with Crippen LogP contribution in [0, 0.1) is 11.8 Å². The Morgan fingerprint density at radius 1 is 0.757 bits per heavy atom. The number of benzene rings is 1. The number of phosphoric ester groups is 1. The molecule has 0 spiro atoms. The normalized spacial score (nSPS) is 36.5. The summed E-state index contributed by atoms with van der Waals surface area (Å²) in [6, 6.07) is 8.63. The van der Waals surface area contributed by atoms with Crippen molar-refractivity contribution in [3.05, 3.63) is 30.3 Å². The van der Waals surface area contributed by atoms with E-state index >= 15 is 0 Å². The summed E-state index contributed by atoms with van der Waals surface area (Å²) in [5.41, 5.74) is -2.11. The van der Waals surface area contributed by atoms with Crippen molar-refractivity contribution in [3.8, 4) is 5.75 Å². The van der Waals surface area contributed by atoms with Crippen LogP contribution < -0.4 is 4.52 Å². The third-order valence-corrected chi connectivity index (χ3v) is 9.83. The van der Waals surface area contributed by atoms with E-state index in [4.69, 9.17) is 23.0 Å².